The Morgan fingerprint density at radius 3 is 2.57 bits per heavy atom. The van der Waals surface area contributed by atoms with E-state index in [4.69, 9.17) is 0 Å². The van der Waals surface area contributed by atoms with Gasteiger partial charge in [0.2, 0.25) is 0 Å². The minimum atomic E-state index is -2.71. The maximum Gasteiger partial charge on any atom is 0.150 e. The van der Waals surface area contributed by atoms with Crippen molar-refractivity contribution in [2.45, 2.75) is 31.7 Å². The van der Waals surface area contributed by atoms with Crippen LogP contribution in [0.15, 0.2) is 12.7 Å². The normalized spacial score (nSPS) is 22.0. The van der Waals surface area contributed by atoms with Gasteiger partial charge < -0.3 is 5.32 Å². The molecule has 1 aliphatic rings. The molecule has 1 heterocycles. The number of unbranched alkanes of at least 4 members (excludes halogenated alkanes) is 1. The van der Waals surface area contributed by atoms with Crippen LogP contribution in [-0.2, 0) is 9.84 Å². The van der Waals surface area contributed by atoms with Gasteiger partial charge in [-0.25, -0.2) is 8.42 Å². The van der Waals surface area contributed by atoms with Crippen LogP contribution >= 0.6 is 0 Å². The molecule has 0 aromatic carbocycles. The Hall–Kier alpha value is -0.350. The Morgan fingerprint density at radius 1 is 1.36 bits per heavy atom. The molecule has 0 aromatic rings. The summed E-state index contributed by atoms with van der Waals surface area (Å²) in [5, 5.41) is 3.38. The third kappa shape index (κ3) is 4.24. The Bertz CT molecular complexity index is 258. The maximum absolute atomic E-state index is 11.1. The first-order chi connectivity index (χ1) is 6.64. The molecule has 0 radical (unpaired) electrons. The van der Waals surface area contributed by atoms with Crippen LogP contribution in [0.3, 0.4) is 0 Å². The summed E-state index contributed by atoms with van der Waals surface area (Å²) >= 11 is 0. The van der Waals surface area contributed by atoms with Crippen LogP contribution in [0.2, 0.25) is 0 Å². The van der Waals surface area contributed by atoms with E-state index in [0.717, 1.165) is 32.2 Å². The first-order valence-electron chi connectivity index (χ1n) is 5.19. The minimum Gasteiger partial charge on any atom is -0.314 e. The summed E-state index contributed by atoms with van der Waals surface area (Å²) in [5.41, 5.74) is 0. The van der Waals surface area contributed by atoms with E-state index in [1.54, 1.807) is 0 Å². The lowest BCUT2D eigenvalue weighted by atomic mass is 10.1. The summed E-state index contributed by atoms with van der Waals surface area (Å²) < 4.78 is 22.3. The second-order valence-electron chi connectivity index (χ2n) is 3.81. The van der Waals surface area contributed by atoms with Gasteiger partial charge in [-0.1, -0.05) is 6.08 Å². The molecule has 14 heavy (non-hydrogen) atoms. The molecule has 0 amide bonds. The van der Waals surface area contributed by atoms with E-state index in [9.17, 15) is 8.42 Å². The topological polar surface area (TPSA) is 46.2 Å². The molecule has 0 aliphatic carbocycles. The lowest BCUT2D eigenvalue weighted by molar-refractivity contribution is 0.460. The van der Waals surface area contributed by atoms with E-state index in [-0.39, 0.29) is 0 Å². The third-order valence-corrected chi connectivity index (χ3v) is 4.29. The average molecular weight is 217 g/mol. The molecule has 0 spiro atoms. The highest BCUT2D eigenvalue weighted by Crippen LogP contribution is 2.11. The Morgan fingerprint density at radius 2 is 2.00 bits per heavy atom. The monoisotopic (exact) mass is 217 g/mol. The molecule has 4 heteroatoms. The van der Waals surface area contributed by atoms with E-state index in [2.05, 4.69) is 11.9 Å². The zero-order valence-corrected chi connectivity index (χ0v) is 9.35. The summed E-state index contributed by atoms with van der Waals surface area (Å²) in [6.07, 6.45) is 5.57. The highest BCUT2D eigenvalue weighted by molar-refractivity contribution is 7.91. The van der Waals surface area contributed by atoms with Gasteiger partial charge in [0.05, 0.1) is 11.5 Å². The standard InChI is InChI=1S/C10H19NO2S/c1-2-3-4-7-11-10-5-8-14(12,13)9-6-10/h2,10-11H,1,3-9H2. The highest BCUT2D eigenvalue weighted by Gasteiger charge is 2.22. The molecule has 1 saturated heterocycles. The minimum absolute atomic E-state index is 0.353. The van der Waals surface area contributed by atoms with Gasteiger partial charge in [0, 0.05) is 6.04 Å². The average Bonchev–Trinajstić information content (AvgIpc) is 2.15. The Labute approximate surface area is 86.5 Å². The molecule has 0 aromatic heterocycles. The van der Waals surface area contributed by atoms with Gasteiger partial charge in [-0.2, -0.15) is 0 Å². The number of nitrogens with one attached hydrogen (secondary N) is 1. The van der Waals surface area contributed by atoms with E-state index in [0.29, 0.717) is 17.5 Å². The maximum atomic E-state index is 11.1. The van der Waals surface area contributed by atoms with Gasteiger partial charge in [-0.05, 0) is 32.2 Å². The number of sulfone groups is 1. The van der Waals surface area contributed by atoms with Gasteiger partial charge in [0.25, 0.3) is 0 Å². The van der Waals surface area contributed by atoms with Crippen molar-refractivity contribution in [2.75, 3.05) is 18.1 Å². The van der Waals surface area contributed by atoms with Crippen molar-refractivity contribution in [3.8, 4) is 0 Å². The summed E-state index contributed by atoms with van der Waals surface area (Å²) in [4.78, 5) is 0. The largest absolute Gasteiger partial charge is 0.314 e. The fourth-order valence-electron chi connectivity index (χ4n) is 1.65. The third-order valence-electron chi connectivity index (χ3n) is 2.57. The van der Waals surface area contributed by atoms with Gasteiger partial charge in [0.15, 0.2) is 0 Å². The van der Waals surface area contributed by atoms with E-state index < -0.39 is 9.84 Å². The summed E-state index contributed by atoms with van der Waals surface area (Å²) in [5.74, 6) is 0.707. The van der Waals surface area contributed by atoms with Gasteiger partial charge in [-0.3, -0.25) is 0 Å². The van der Waals surface area contributed by atoms with Crippen molar-refractivity contribution in [3.05, 3.63) is 12.7 Å². The van der Waals surface area contributed by atoms with Crippen LogP contribution in [-0.4, -0.2) is 32.5 Å². The zero-order valence-electron chi connectivity index (χ0n) is 8.54. The van der Waals surface area contributed by atoms with Gasteiger partial charge in [-0.15, -0.1) is 6.58 Å². The predicted octanol–water partition coefficient (Wildman–Crippen LogP) is 1.12. The van der Waals surface area contributed by atoms with Crippen LogP contribution in [0, 0.1) is 0 Å². The lowest BCUT2D eigenvalue weighted by Crippen LogP contribution is -2.37. The molecule has 0 unspecified atom stereocenters. The van der Waals surface area contributed by atoms with Crippen LogP contribution in [0.5, 0.6) is 0 Å². The quantitative estimate of drug-likeness (QED) is 0.554. The lowest BCUT2D eigenvalue weighted by Gasteiger charge is -2.22. The molecule has 0 atom stereocenters. The smallest absolute Gasteiger partial charge is 0.150 e. The van der Waals surface area contributed by atoms with Crippen molar-refractivity contribution in [2.24, 2.45) is 0 Å². The summed E-state index contributed by atoms with van der Waals surface area (Å²) in [7, 11) is -2.71. The van der Waals surface area contributed by atoms with Crippen molar-refractivity contribution >= 4 is 9.84 Å². The molecule has 1 fully saturated rings. The number of hydrogen-bond donors (Lipinski definition) is 1. The predicted molar refractivity (Wildman–Crippen MR) is 59.1 cm³/mol. The molecule has 0 saturated carbocycles. The first-order valence-corrected chi connectivity index (χ1v) is 7.01. The Kier molecular flexibility index (Phi) is 4.62. The molecule has 1 N–H and O–H groups in total. The molecule has 82 valence electrons. The Balaban J connectivity index is 2.13. The second-order valence-corrected chi connectivity index (χ2v) is 6.11. The second kappa shape index (κ2) is 5.51. The van der Waals surface area contributed by atoms with Gasteiger partial charge >= 0.3 is 0 Å². The van der Waals surface area contributed by atoms with E-state index >= 15 is 0 Å². The van der Waals surface area contributed by atoms with Crippen molar-refractivity contribution < 1.29 is 8.42 Å². The molecule has 0 bridgehead atoms. The van der Waals surface area contributed by atoms with E-state index in [1.165, 1.54) is 0 Å². The highest BCUT2D eigenvalue weighted by atomic mass is 32.2. The van der Waals surface area contributed by atoms with Crippen LogP contribution in [0.1, 0.15) is 25.7 Å². The molecule has 1 rings (SSSR count). The number of rotatable bonds is 5. The van der Waals surface area contributed by atoms with E-state index in [1.807, 2.05) is 6.08 Å². The fourth-order valence-corrected chi connectivity index (χ4v) is 3.14. The number of hydrogen-bond acceptors (Lipinski definition) is 3. The van der Waals surface area contributed by atoms with Gasteiger partial charge in [0.1, 0.15) is 9.84 Å². The van der Waals surface area contributed by atoms with Crippen LogP contribution in [0.25, 0.3) is 0 Å². The molecular formula is C10H19NO2S. The zero-order chi connectivity index (χ0) is 10.4. The van der Waals surface area contributed by atoms with Crippen molar-refractivity contribution in [1.82, 2.24) is 5.32 Å². The number of allylic oxidation sites excluding steroid dienone is 1. The van der Waals surface area contributed by atoms with Crippen LogP contribution < -0.4 is 5.32 Å². The molecule has 3 nitrogen and oxygen atoms in total. The van der Waals surface area contributed by atoms with Crippen molar-refractivity contribution in [3.63, 3.8) is 0 Å². The first kappa shape index (κ1) is 11.7. The molecular weight excluding hydrogens is 198 g/mol. The fraction of sp³-hybridized carbons (Fsp3) is 0.800. The molecule has 1 aliphatic heterocycles. The summed E-state index contributed by atoms with van der Waals surface area (Å²) in [6.45, 7) is 4.63. The SMILES string of the molecule is C=CCCCNC1CCS(=O)(=O)CC1. The summed E-state index contributed by atoms with van der Waals surface area (Å²) in [6, 6.07) is 0.406. The van der Waals surface area contributed by atoms with Crippen LogP contribution in [0.4, 0.5) is 0 Å². The van der Waals surface area contributed by atoms with Crippen molar-refractivity contribution in [1.29, 1.82) is 0 Å².